The first-order chi connectivity index (χ1) is 28.8. The minimum absolute atomic E-state index is 0.0482. The maximum atomic E-state index is 13.1. The second kappa shape index (κ2) is 24.6. The van der Waals surface area contributed by atoms with E-state index in [1.54, 1.807) is 101 Å². The van der Waals surface area contributed by atoms with Gasteiger partial charge in [-0.25, -0.2) is 16.8 Å². The van der Waals surface area contributed by atoms with Crippen molar-refractivity contribution in [2.75, 3.05) is 80.9 Å². The Morgan fingerprint density at radius 1 is 0.450 bits per heavy atom. The van der Waals surface area contributed by atoms with Crippen LogP contribution in [0.4, 0.5) is 0 Å². The van der Waals surface area contributed by atoms with Crippen LogP contribution in [-0.4, -0.2) is 111 Å². The molecule has 0 radical (unpaired) electrons. The van der Waals surface area contributed by atoms with Crippen LogP contribution >= 0.6 is 11.6 Å². The maximum Gasteiger partial charge on any atom is 0.214 e. The predicted octanol–water partition coefficient (Wildman–Crippen LogP) is 6.12. The highest BCUT2D eigenvalue weighted by atomic mass is 35.5. The molecule has 0 atom stereocenters. The van der Waals surface area contributed by atoms with Gasteiger partial charge in [-0.3, -0.25) is 0 Å². The molecule has 0 aliphatic carbocycles. The summed E-state index contributed by atoms with van der Waals surface area (Å²) >= 11 is 5.74. The quantitative estimate of drug-likeness (QED) is 0.0800. The van der Waals surface area contributed by atoms with Gasteiger partial charge in [0.2, 0.25) is 20.0 Å². The number of ether oxygens (including phenoxy) is 8. The van der Waals surface area contributed by atoms with Crippen LogP contribution in [0.5, 0.6) is 46.0 Å². The molecule has 0 aliphatic heterocycles. The number of halogens is 1. The number of alkyl halides is 1. The monoisotopic (exact) mass is 896 g/mol. The molecule has 0 bridgehead atoms. The molecule has 4 aromatic rings. The summed E-state index contributed by atoms with van der Waals surface area (Å²) in [5.74, 6) is 4.69. The lowest BCUT2D eigenvalue weighted by Crippen LogP contribution is -2.32. The Bertz CT molecular complexity index is 1910. The van der Waals surface area contributed by atoms with Crippen LogP contribution < -0.4 is 37.9 Å². The Kier molecular flexibility index (Phi) is 20.4. The summed E-state index contributed by atoms with van der Waals surface area (Å²) in [5, 5.41) is 9.12. The van der Waals surface area contributed by atoms with Gasteiger partial charge in [0, 0.05) is 85.2 Å². The second-order valence-electron chi connectivity index (χ2n) is 13.0. The van der Waals surface area contributed by atoms with E-state index in [1.165, 1.54) is 37.0 Å². The van der Waals surface area contributed by atoms with Gasteiger partial charge < -0.3 is 43.0 Å². The molecule has 0 saturated heterocycles. The number of hydrogen-bond acceptors (Lipinski definition) is 13. The van der Waals surface area contributed by atoms with E-state index < -0.39 is 20.0 Å². The standard InChI is InChI=1S/C21H28ClNO6S.C21H29NO7S/c1-26-18-8-6-16(20(12-18)28-3)14-23(30(24,25)11-5-10-22)15-17-7-9-19(27-2)13-21(17)29-4;1-26-18-8-6-16(20(12-18)28-3)14-22(30(24,25)11-5-10-23)15-17-7-9-19(27-2)13-21(17)29-4/h6-9,12-13H,5,10-11,14-15H2,1-4H3;6-9,12-13,23H,5,10-11,14-15H2,1-4H3. The molecular formula is C42H57ClN2O13S2. The zero-order valence-electron chi connectivity index (χ0n) is 35.4. The number of benzene rings is 4. The van der Waals surface area contributed by atoms with E-state index in [0.29, 0.717) is 63.5 Å². The Labute approximate surface area is 359 Å². The van der Waals surface area contributed by atoms with Crippen LogP contribution in [0, 0.1) is 0 Å². The topological polar surface area (TPSA) is 169 Å². The van der Waals surface area contributed by atoms with Crippen molar-refractivity contribution >= 4 is 31.6 Å². The number of nitrogens with zero attached hydrogens (tertiary/aromatic N) is 2. The third-order valence-electron chi connectivity index (χ3n) is 9.25. The van der Waals surface area contributed by atoms with Gasteiger partial charge in [0.15, 0.2) is 0 Å². The van der Waals surface area contributed by atoms with Gasteiger partial charge in [0.1, 0.15) is 46.0 Å². The minimum atomic E-state index is -3.66. The normalized spacial score (nSPS) is 11.4. The fourth-order valence-electron chi connectivity index (χ4n) is 5.94. The van der Waals surface area contributed by atoms with Crippen molar-refractivity contribution in [2.24, 2.45) is 0 Å². The number of aliphatic hydroxyl groups is 1. The molecule has 0 spiro atoms. The lowest BCUT2D eigenvalue weighted by molar-refractivity contribution is 0.293. The van der Waals surface area contributed by atoms with Gasteiger partial charge in [-0.2, -0.15) is 8.61 Å². The van der Waals surface area contributed by atoms with Gasteiger partial charge in [-0.1, -0.05) is 24.3 Å². The van der Waals surface area contributed by atoms with Crippen molar-refractivity contribution in [2.45, 2.75) is 39.0 Å². The van der Waals surface area contributed by atoms with Crippen molar-refractivity contribution in [3.63, 3.8) is 0 Å². The van der Waals surface area contributed by atoms with Crippen LogP contribution in [0.15, 0.2) is 72.8 Å². The van der Waals surface area contributed by atoms with Crippen LogP contribution in [0.3, 0.4) is 0 Å². The van der Waals surface area contributed by atoms with Gasteiger partial charge in [0.05, 0.1) is 68.4 Å². The molecule has 332 valence electrons. The molecule has 0 heterocycles. The smallest absolute Gasteiger partial charge is 0.214 e. The molecule has 0 unspecified atom stereocenters. The van der Waals surface area contributed by atoms with E-state index in [4.69, 9.17) is 54.6 Å². The molecule has 0 fully saturated rings. The number of hydrogen-bond donors (Lipinski definition) is 1. The second-order valence-corrected chi connectivity index (χ2v) is 17.6. The number of aliphatic hydroxyl groups excluding tert-OH is 1. The molecule has 60 heavy (non-hydrogen) atoms. The summed E-state index contributed by atoms with van der Waals surface area (Å²) in [6.07, 6.45) is 0.512. The first kappa shape index (κ1) is 49.7. The van der Waals surface area contributed by atoms with E-state index >= 15 is 0 Å². The third-order valence-corrected chi connectivity index (χ3v) is 13.2. The third kappa shape index (κ3) is 14.2. The molecule has 18 heteroatoms. The van der Waals surface area contributed by atoms with Crippen molar-refractivity contribution in [3.8, 4) is 46.0 Å². The lowest BCUT2D eigenvalue weighted by Gasteiger charge is -2.24. The van der Waals surface area contributed by atoms with Gasteiger partial charge >= 0.3 is 0 Å². The van der Waals surface area contributed by atoms with Crippen molar-refractivity contribution in [3.05, 3.63) is 95.1 Å². The summed E-state index contributed by atoms with van der Waals surface area (Å²) in [7, 11) is 5.10. The first-order valence-electron chi connectivity index (χ1n) is 18.7. The van der Waals surface area contributed by atoms with E-state index in [-0.39, 0.29) is 56.6 Å². The summed E-state index contributed by atoms with van der Waals surface area (Å²) in [6.45, 7) is 0.247. The Hall–Kier alpha value is -4.65. The molecular weight excluding hydrogens is 840 g/mol. The lowest BCUT2D eigenvalue weighted by atomic mass is 10.1. The van der Waals surface area contributed by atoms with Crippen LogP contribution in [0.2, 0.25) is 0 Å². The molecule has 15 nitrogen and oxygen atoms in total. The average Bonchev–Trinajstić information content (AvgIpc) is 3.27. The first-order valence-corrected chi connectivity index (χ1v) is 22.5. The molecule has 4 aromatic carbocycles. The summed E-state index contributed by atoms with van der Waals surface area (Å²) in [6, 6.07) is 21.1. The van der Waals surface area contributed by atoms with Gasteiger partial charge in [-0.05, 0) is 37.1 Å². The fourth-order valence-corrected chi connectivity index (χ4v) is 9.09. The molecule has 0 aromatic heterocycles. The van der Waals surface area contributed by atoms with Crippen molar-refractivity contribution in [1.29, 1.82) is 0 Å². The minimum Gasteiger partial charge on any atom is -0.497 e. The SMILES string of the molecule is COc1ccc(CN(Cc2ccc(OC)cc2OC)S(=O)(=O)CCCCl)c(OC)c1.COc1ccc(CN(Cc2ccc(OC)cc2OC)S(=O)(=O)CCCO)c(OC)c1. The highest BCUT2D eigenvalue weighted by molar-refractivity contribution is 7.89. The molecule has 0 saturated carbocycles. The van der Waals surface area contributed by atoms with E-state index in [0.717, 1.165) is 11.1 Å². The van der Waals surface area contributed by atoms with Crippen LogP contribution in [0.25, 0.3) is 0 Å². The maximum absolute atomic E-state index is 13.1. The molecule has 0 aliphatic rings. The average molecular weight is 898 g/mol. The largest absolute Gasteiger partial charge is 0.497 e. The summed E-state index contributed by atoms with van der Waals surface area (Å²) in [5.41, 5.74) is 2.83. The molecule has 4 rings (SSSR count). The van der Waals surface area contributed by atoms with Gasteiger partial charge in [-0.15, -0.1) is 11.6 Å². The van der Waals surface area contributed by atoms with Gasteiger partial charge in [0.25, 0.3) is 0 Å². The van der Waals surface area contributed by atoms with E-state index in [1.807, 2.05) is 0 Å². The Morgan fingerprint density at radius 3 is 0.933 bits per heavy atom. The zero-order chi connectivity index (χ0) is 44.3. The Balaban J connectivity index is 0.000000320. The predicted molar refractivity (Wildman–Crippen MR) is 231 cm³/mol. The Morgan fingerprint density at radius 2 is 0.717 bits per heavy atom. The summed E-state index contributed by atoms with van der Waals surface area (Å²) in [4.78, 5) is 0. The molecule has 1 N–H and O–H groups in total. The van der Waals surface area contributed by atoms with E-state index in [9.17, 15) is 16.8 Å². The fraction of sp³-hybridized carbons (Fsp3) is 0.429. The summed E-state index contributed by atoms with van der Waals surface area (Å²) < 4.78 is 97.6. The highest BCUT2D eigenvalue weighted by Crippen LogP contribution is 2.32. The van der Waals surface area contributed by atoms with Crippen LogP contribution in [0.1, 0.15) is 35.1 Å². The number of methoxy groups -OCH3 is 8. The van der Waals surface area contributed by atoms with E-state index in [2.05, 4.69) is 0 Å². The van der Waals surface area contributed by atoms with Crippen LogP contribution in [-0.2, 0) is 46.2 Å². The van der Waals surface area contributed by atoms with Crippen molar-refractivity contribution < 1.29 is 59.8 Å². The number of rotatable bonds is 24. The molecule has 0 amide bonds. The highest BCUT2D eigenvalue weighted by Gasteiger charge is 2.27. The number of sulfonamides is 2. The zero-order valence-corrected chi connectivity index (χ0v) is 37.8. The van der Waals surface area contributed by atoms with Crippen molar-refractivity contribution in [1.82, 2.24) is 8.61 Å².